The van der Waals surface area contributed by atoms with Crippen molar-refractivity contribution in [2.45, 2.75) is 19.8 Å². The Morgan fingerprint density at radius 1 is 1.33 bits per heavy atom. The number of sulfonamides is 1. The summed E-state index contributed by atoms with van der Waals surface area (Å²) in [7, 11) is -3.27. The molecule has 1 N–H and O–H groups in total. The maximum absolute atomic E-state index is 11.5. The minimum Gasteiger partial charge on any atom is -0.372 e. The molecule has 0 aromatic heterocycles. The van der Waals surface area contributed by atoms with Crippen LogP contribution in [0.4, 0.5) is 11.4 Å². The summed E-state index contributed by atoms with van der Waals surface area (Å²) in [6.07, 6.45) is 2.47. The van der Waals surface area contributed by atoms with Crippen molar-refractivity contribution in [1.29, 1.82) is 0 Å². The molecule has 1 aliphatic rings. The van der Waals surface area contributed by atoms with Crippen LogP contribution < -0.4 is 9.62 Å². The fraction of sp³-hybridized carbons (Fsp3) is 0.500. The first-order chi connectivity index (χ1) is 8.52. The number of alkyl halides is 1. The summed E-state index contributed by atoms with van der Waals surface area (Å²) >= 11 is 2.96. The van der Waals surface area contributed by atoms with Crippen LogP contribution in [0, 0.1) is 6.92 Å². The first-order valence-corrected chi connectivity index (χ1v) is 8.71. The Labute approximate surface area is 117 Å². The highest BCUT2D eigenvalue weighted by Crippen LogP contribution is 2.26. The first kappa shape index (κ1) is 13.7. The Kier molecular flexibility index (Phi) is 4.17. The summed E-state index contributed by atoms with van der Waals surface area (Å²) in [5.74, 6) is 0. The van der Waals surface area contributed by atoms with Gasteiger partial charge in [-0.05, 0) is 43.5 Å². The van der Waals surface area contributed by atoms with Crippen molar-refractivity contribution in [2.24, 2.45) is 0 Å². The molecule has 0 bridgehead atoms. The molecule has 6 heteroatoms. The molecule has 1 aliphatic heterocycles. The van der Waals surface area contributed by atoms with E-state index in [4.69, 9.17) is 0 Å². The van der Waals surface area contributed by atoms with E-state index >= 15 is 0 Å². The van der Waals surface area contributed by atoms with Gasteiger partial charge >= 0.3 is 0 Å². The summed E-state index contributed by atoms with van der Waals surface area (Å²) in [4.78, 5) is 2.33. The standard InChI is InChI=1S/C12H17BrN2O2S/c1-10-8-11(15-6-2-3-7-15)4-5-12(10)14-18(16,17)9-13/h4-5,8,14H,2-3,6-7,9H2,1H3. The molecule has 0 spiro atoms. The molecule has 0 amide bonds. The van der Waals surface area contributed by atoms with Gasteiger partial charge in [-0.15, -0.1) is 0 Å². The largest absolute Gasteiger partial charge is 0.372 e. The molecule has 1 fully saturated rings. The predicted molar refractivity (Wildman–Crippen MR) is 79.0 cm³/mol. The molecule has 0 saturated carbocycles. The molecule has 0 radical (unpaired) electrons. The second-order valence-corrected chi connectivity index (χ2v) is 7.54. The van der Waals surface area contributed by atoms with E-state index in [1.807, 2.05) is 25.1 Å². The number of anilines is 2. The molecule has 4 nitrogen and oxygen atoms in total. The van der Waals surface area contributed by atoms with E-state index in [0.717, 1.165) is 18.7 Å². The zero-order chi connectivity index (χ0) is 13.2. The topological polar surface area (TPSA) is 49.4 Å². The van der Waals surface area contributed by atoms with Crippen molar-refractivity contribution >= 4 is 37.3 Å². The number of benzene rings is 1. The summed E-state index contributed by atoms with van der Waals surface area (Å²) in [6.45, 7) is 4.10. The SMILES string of the molecule is Cc1cc(N2CCCC2)ccc1NS(=O)(=O)CBr. The summed E-state index contributed by atoms with van der Waals surface area (Å²) in [6, 6.07) is 5.85. The molecule has 1 heterocycles. The summed E-state index contributed by atoms with van der Waals surface area (Å²) in [5.41, 5.74) is 2.77. The highest BCUT2D eigenvalue weighted by molar-refractivity contribution is 9.10. The second kappa shape index (κ2) is 5.48. The van der Waals surface area contributed by atoms with Gasteiger partial charge in [0.2, 0.25) is 10.0 Å². The van der Waals surface area contributed by atoms with Crippen LogP contribution in [-0.4, -0.2) is 26.2 Å². The second-order valence-electron chi connectivity index (χ2n) is 4.52. The Balaban J connectivity index is 2.19. The van der Waals surface area contributed by atoms with E-state index in [9.17, 15) is 8.42 Å². The van der Waals surface area contributed by atoms with E-state index in [1.54, 1.807) is 0 Å². The van der Waals surface area contributed by atoms with Crippen molar-refractivity contribution in [2.75, 3.05) is 27.4 Å². The number of nitrogens with one attached hydrogen (secondary N) is 1. The summed E-state index contributed by atoms with van der Waals surface area (Å²) < 4.78 is 25.5. The predicted octanol–water partition coefficient (Wildman–Crippen LogP) is 2.69. The van der Waals surface area contributed by atoms with Crippen molar-refractivity contribution < 1.29 is 8.42 Å². The van der Waals surface area contributed by atoms with Gasteiger partial charge in [-0.1, -0.05) is 15.9 Å². The van der Waals surface area contributed by atoms with E-state index in [0.29, 0.717) is 5.69 Å². The maximum Gasteiger partial charge on any atom is 0.242 e. The number of halogens is 1. The molecule has 1 aromatic carbocycles. The fourth-order valence-electron chi connectivity index (χ4n) is 2.13. The lowest BCUT2D eigenvalue weighted by Crippen LogP contribution is -2.18. The van der Waals surface area contributed by atoms with Crippen LogP contribution in [0.2, 0.25) is 0 Å². The zero-order valence-corrected chi connectivity index (χ0v) is 12.7. The molecule has 1 aromatic rings. The number of hydrogen-bond acceptors (Lipinski definition) is 3. The average molecular weight is 333 g/mol. The quantitative estimate of drug-likeness (QED) is 0.862. The maximum atomic E-state index is 11.5. The van der Waals surface area contributed by atoms with Crippen LogP contribution in [-0.2, 0) is 10.0 Å². The molecule has 0 unspecified atom stereocenters. The van der Waals surface area contributed by atoms with E-state index in [2.05, 4.69) is 25.6 Å². The van der Waals surface area contributed by atoms with Gasteiger partial charge in [0.15, 0.2) is 0 Å². The van der Waals surface area contributed by atoms with E-state index < -0.39 is 10.0 Å². The number of rotatable bonds is 4. The van der Waals surface area contributed by atoms with Crippen LogP contribution in [0.25, 0.3) is 0 Å². The van der Waals surface area contributed by atoms with Gasteiger partial charge < -0.3 is 4.90 Å². The lowest BCUT2D eigenvalue weighted by molar-refractivity contribution is 0.606. The Morgan fingerprint density at radius 3 is 2.56 bits per heavy atom. The molecule has 0 atom stereocenters. The molecular formula is C12H17BrN2O2S. The minimum atomic E-state index is -3.27. The third-order valence-corrected chi connectivity index (χ3v) is 5.72. The van der Waals surface area contributed by atoms with Gasteiger partial charge in [0.05, 0.1) is 5.69 Å². The molecule has 100 valence electrons. The molecular weight excluding hydrogens is 316 g/mol. The van der Waals surface area contributed by atoms with Crippen LogP contribution in [0.15, 0.2) is 18.2 Å². The Hall–Kier alpha value is -0.750. The lowest BCUT2D eigenvalue weighted by Gasteiger charge is -2.19. The van der Waals surface area contributed by atoms with E-state index in [1.165, 1.54) is 18.5 Å². The monoisotopic (exact) mass is 332 g/mol. The van der Waals surface area contributed by atoms with Crippen molar-refractivity contribution in [3.63, 3.8) is 0 Å². The third-order valence-electron chi connectivity index (χ3n) is 3.09. The Bertz CT molecular complexity index is 525. The van der Waals surface area contributed by atoms with Crippen molar-refractivity contribution in [3.8, 4) is 0 Å². The van der Waals surface area contributed by atoms with Gasteiger partial charge in [-0.25, -0.2) is 8.42 Å². The molecule has 18 heavy (non-hydrogen) atoms. The minimum absolute atomic E-state index is 0.0900. The van der Waals surface area contributed by atoms with Gasteiger partial charge in [-0.3, -0.25) is 4.72 Å². The van der Waals surface area contributed by atoms with Gasteiger partial charge in [0.1, 0.15) is 4.66 Å². The van der Waals surface area contributed by atoms with Crippen LogP contribution in [0.3, 0.4) is 0 Å². The smallest absolute Gasteiger partial charge is 0.242 e. The van der Waals surface area contributed by atoms with Gasteiger partial charge in [0.25, 0.3) is 0 Å². The van der Waals surface area contributed by atoms with Crippen LogP contribution >= 0.6 is 15.9 Å². The number of hydrogen-bond donors (Lipinski definition) is 1. The molecule has 2 rings (SSSR count). The zero-order valence-electron chi connectivity index (χ0n) is 10.3. The third kappa shape index (κ3) is 3.17. The highest BCUT2D eigenvalue weighted by Gasteiger charge is 2.14. The number of aryl methyl sites for hydroxylation is 1. The van der Waals surface area contributed by atoms with Crippen LogP contribution in [0.5, 0.6) is 0 Å². The summed E-state index contributed by atoms with van der Waals surface area (Å²) in [5, 5.41) is 0. The normalized spacial score (nSPS) is 16.0. The highest BCUT2D eigenvalue weighted by atomic mass is 79.9. The number of nitrogens with zero attached hydrogens (tertiary/aromatic N) is 1. The van der Waals surface area contributed by atoms with Crippen molar-refractivity contribution in [1.82, 2.24) is 0 Å². The fourth-order valence-corrected chi connectivity index (χ4v) is 3.09. The lowest BCUT2D eigenvalue weighted by atomic mass is 10.2. The van der Waals surface area contributed by atoms with Gasteiger partial charge in [0, 0.05) is 18.8 Å². The van der Waals surface area contributed by atoms with Gasteiger partial charge in [-0.2, -0.15) is 0 Å². The molecule has 0 aliphatic carbocycles. The van der Waals surface area contributed by atoms with Crippen molar-refractivity contribution in [3.05, 3.63) is 23.8 Å². The van der Waals surface area contributed by atoms with Crippen LogP contribution in [0.1, 0.15) is 18.4 Å². The average Bonchev–Trinajstić information content (AvgIpc) is 2.85. The van der Waals surface area contributed by atoms with E-state index in [-0.39, 0.29) is 4.66 Å². The molecule has 1 saturated heterocycles. The Morgan fingerprint density at radius 2 is 2.00 bits per heavy atom. The first-order valence-electron chi connectivity index (χ1n) is 5.94.